The average Bonchev–Trinajstić information content (AvgIpc) is 2.71. The van der Waals surface area contributed by atoms with Crippen LogP contribution in [0.4, 0.5) is 0 Å². The molecule has 1 aliphatic rings. The maximum atomic E-state index is 10.5. The maximum absolute atomic E-state index is 10.5. The fourth-order valence-electron chi connectivity index (χ4n) is 1.82. The minimum atomic E-state index is 0.529. The van der Waals surface area contributed by atoms with Crippen molar-refractivity contribution in [1.82, 2.24) is 9.88 Å². The van der Waals surface area contributed by atoms with Gasteiger partial charge in [-0.05, 0) is 38.1 Å². The average molecular weight is 190 g/mol. The van der Waals surface area contributed by atoms with Crippen LogP contribution in [0.1, 0.15) is 29.0 Å². The first kappa shape index (κ1) is 9.34. The number of carbonyl (C=O) groups excluding carboxylic acids is 1. The van der Waals surface area contributed by atoms with E-state index in [2.05, 4.69) is 9.88 Å². The van der Waals surface area contributed by atoms with Gasteiger partial charge < -0.3 is 0 Å². The smallest absolute Gasteiger partial charge is 0.168 e. The van der Waals surface area contributed by atoms with Gasteiger partial charge in [0.25, 0.3) is 0 Å². The summed E-state index contributed by atoms with van der Waals surface area (Å²) < 4.78 is 0. The van der Waals surface area contributed by atoms with E-state index in [0.29, 0.717) is 5.69 Å². The van der Waals surface area contributed by atoms with E-state index < -0.39 is 0 Å². The second-order valence-electron chi connectivity index (χ2n) is 3.65. The third-order valence-corrected chi connectivity index (χ3v) is 2.53. The lowest BCUT2D eigenvalue weighted by atomic mass is 10.3. The summed E-state index contributed by atoms with van der Waals surface area (Å²) in [7, 11) is 0. The van der Waals surface area contributed by atoms with Crippen molar-refractivity contribution >= 4 is 6.29 Å². The first-order chi connectivity index (χ1) is 6.88. The third kappa shape index (κ3) is 2.17. The van der Waals surface area contributed by atoms with E-state index in [9.17, 15) is 4.79 Å². The summed E-state index contributed by atoms with van der Waals surface area (Å²) in [5, 5.41) is 0. The van der Waals surface area contributed by atoms with Crippen molar-refractivity contribution in [1.29, 1.82) is 0 Å². The van der Waals surface area contributed by atoms with Crippen LogP contribution in [0.3, 0.4) is 0 Å². The summed E-state index contributed by atoms with van der Waals surface area (Å²) in [6.07, 6.45) is 3.37. The first-order valence-corrected chi connectivity index (χ1v) is 5.02. The van der Waals surface area contributed by atoms with Crippen molar-refractivity contribution in [3.05, 3.63) is 29.6 Å². The highest BCUT2D eigenvalue weighted by Gasteiger charge is 2.12. The Morgan fingerprint density at radius 1 is 1.36 bits per heavy atom. The molecule has 74 valence electrons. The molecule has 14 heavy (non-hydrogen) atoms. The lowest BCUT2D eigenvalue weighted by molar-refractivity contribution is 0.111. The standard InChI is InChI=1S/C11H14N2O/c14-9-11-5-3-4-10(12-11)8-13-6-1-2-7-13/h3-5,9H,1-2,6-8H2. The Labute approximate surface area is 83.8 Å². The summed E-state index contributed by atoms with van der Waals surface area (Å²) in [4.78, 5) is 17.1. The topological polar surface area (TPSA) is 33.2 Å². The molecule has 1 fully saturated rings. The third-order valence-electron chi connectivity index (χ3n) is 2.53. The molecule has 3 heteroatoms. The molecule has 0 bridgehead atoms. The number of aromatic nitrogens is 1. The minimum absolute atomic E-state index is 0.529. The van der Waals surface area contributed by atoms with Crippen LogP contribution in [0.15, 0.2) is 18.2 Å². The Bertz CT molecular complexity index is 319. The Morgan fingerprint density at radius 2 is 2.14 bits per heavy atom. The predicted octanol–water partition coefficient (Wildman–Crippen LogP) is 1.49. The zero-order valence-corrected chi connectivity index (χ0v) is 8.15. The van der Waals surface area contributed by atoms with Gasteiger partial charge in [-0.1, -0.05) is 6.07 Å². The van der Waals surface area contributed by atoms with E-state index >= 15 is 0 Å². The van der Waals surface area contributed by atoms with Gasteiger partial charge in [-0.15, -0.1) is 0 Å². The van der Waals surface area contributed by atoms with Crippen LogP contribution < -0.4 is 0 Å². The molecule has 0 atom stereocenters. The Hall–Kier alpha value is -1.22. The van der Waals surface area contributed by atoms with Crippen LogP contribution in [-0.2, 0) is 6.54 Å². The van der Waals surface area contributed by atoms with Gasteiger partial charge in [-0.25, -0.2) is 4.98 Å². The molecule has 2 heterocycles. The monoisotopic (exact) mass is 190 g/mol. The highest BCUT2D eigenvalue weighted by Crippen LogP contribution is 2.11. The van der Waals surface area contributed by atoms with E-state index in [0.717, 1.165) is 31.6 Å². The van der Waals surface area contributed by atoms with Crippen molar-refractivity contribution in [2.24, 2.45) is 0 Å². The van der Waals surface area contributed by atoms with E-state index in [1.165, 1.54) is 12.8 Å². The molecule has 0 unspecified atom stereocenters. The van der Waals surface area contributed by atoms with Crippen LogP contribution >= 0.6 is 0 Å². The van der Waals surface area contributed by atoms with Crippen molar-refractivity contribution < 1.29 is 4.79 Å². The number of pyridine rings is 1. The van der Waals surface area contributed by atoms with Crippen LogP contribution in [0, 0.1) is 0 Å². The molecular formula is C11H14N2O. The van der Waals surface area contributed by atoms with Gasteiger partial charge in [0.15, 0.2) is 6.29 Å². The van der Waals surface area contributed by atoms with Gasteiger partial charge in [0.2, 0.25) is 0 Å². The van der Waals surface area contributed by atoms with Gasteiger partial charge in [0.05, 0.1) is 5.69 Å². The minimum Gasteiger partial charge on any atom is -0.298 e. The van der Waals surface area contributed by atoms with Crippen LogP contribution in [0.5, 0.6) is 0 Å². The Balaban J connectivity index is 2.04. The van der Waals surface area contributed by atoms with E-state index in [-0.39, 0.29) is 0 Å². The van der Waals surface area contributed by atoms with Gasteiger partial charge in [0.1, 0.15) is 5.69 Å². The summed E-state index contributed by atoms with van der Waals surface area (Å²) in [6.45, 7) is 3.20. The largest absolute Gasteiger partial charge is 0.298 e. The van der Waals surface area contributed by atoms with Crippen molar-refractivity contribution in [3.63, 3.8) is 0 Å². The second-order valence-corrected chi connectivity index (χ2v) is 3.65. The molecule has 1 aromatic heterocycles. The molecule has 0 aromatic carbocycles. The zero-order chi connectivity index (χ0) is 9.80. The molecule has 0 radical (unpaired) electrons. The van der Waals surface area contributed by atoms with Gasteiger partial charge in [-0.3, -0.25) is 9.69 Å². The van der Waals surface area contributed by atoms with E-state index in [4.69, 9.17) is 0 Å². The summed E-state index contributed by atoms with van der Waals surface area (Å²) in [5.41, 5.74) is 1.53. The molecule has 1 saturated heterocycles. The summed E-state index contributed by atoms with van der Waals surface area (Å²) in [6, 6.07) is 5.61. The van der Waals surface area contributed by atoms with Gasteiger partial charge in [-0.2, -0.15) is 0 Å². The zero-order valence-electron chi connectivity index (χ0n) is 8.15. The molecule has 0 saturated carbocycles. The van der Waals surface area contributed by atoms with Crippen molar-refractivity contribution in [2.45, 2.75) is 19.4 Å². The lowest BCUT2D eigenvalue weighted by Crippen LogP contribution is -2.19. The normalized spacial score (nSPS) is 17.1. The Kier molecular flexibility index (Phi) is 2.89. The highest BCUT2D eigenvalue weighted by atomic mass is 16.1. The van der Waals surface area contributed by atoms with Crippen LogP contribution in [-0.4, -0.2) is 29.3 Å². The molecule has 1 aromatic rings. The van der Waals surface area contributed by atoms with Crippen molar-refractivity contribution in [3.8, 4) is 0 Å². The van der Waals surface area contributed by atoms with Crippen molar-refractivity contribution in [2.75, 3.05) is 13.1 Å². The number of aldehydes is 1. The molecule has 2 rings (SSSR count). The van der Waals surface area contributed by atoms with E-state index in [1.54, 1.807) is 6.07 Å². The SMILES string of the molecule is O=Cc1cccc(CN2CCCC2)n1. The lowest BCUT2D eigenvalue weighted by Gasteiger charge is -2.13. The summed E-state index contributed by atoms with van der Waals surface area (Å²) >= 11 is 0. The molecule has 0 N–H and O–H groups in total. The van der Waals surface area contributed by atoms with Gasteiger partial charge >= 0.3 is 0 Å². The Morgan fingerprint density at radius 3 is 2.86 bits per heavy atom. The van der Waals surface area contributed by atoms with Crippen LogP contribution in [0.2, 0.25) is 0 Å². The van der Waals surface area contributed by atoms with Crippen LogP contribution in [0.25, 0.3) is 0 Å². The molecule has 3 nitrogen and oxygen atoms in total. The predicted molar refractivity (Wildman–Crippen MR) is 54.1 cm³/mol. The van der Waals surface area contributed by atoms with E-state index in [1.807, 2.05) is 12.1 Å². The quantitative estimate of drug-likeness (QED) is 0.677. The van der Waals surface area contributed by atoms with Gasteiger partial charge in [0, 0.05) is 6.54 Å². The number of carbonyl (C=O) groups is 1. The first-order valence-electron chi connectivity index (χ1n) is 5.02. The molecule has 1 aliphatic heterocycles. The maximum Gasteiger partial charge on any atom is 0.168 e. The number of hydrogen-bond donors (Lipinski definition) is 0. The number of hydrogen-bond acceptors (Lipinski definition) is 3. The highest BCUT2D eigenvalue weighted by molar-refractivity contribution is 5.71. The second kappa shape index (κ2) is 4.33. The fraction of sp³-hybridized carbons (Fsp3) is 0.455. The summed E-state index contributed by atoms with van der Waals surface area (Å²) in [5.74, 6) is 0. The number of nitrogens with zero attached hydrogens (tertiary/aromatic N) is 2. The molecule has 0 spiro atoms. The molecule has 0 aliphatic carbocycles. The fourth-order valence-corrected chi connectivity index (χ4v) is 1.82. The number of likely N-dealkylation sites (tertiary alicyclic amines) is 1. The molecule has 0 amide bonds. The number of rotatable bonds is 3. The molecular weight excluding hydrogens is 176 g/mol.